The highest BCUT2D eigenvalue weighted by Crippen LogP contribution is 2.27. The predicted octanol–water partition coefficient (Wildman–Crippen LogP) is 4.12. The van der Waals surface area contributed by atoms with Crippen molar-refractivity contribution < 1.29 is 14.1 Å². The Morgan fingerprint density at radius 1 is 1.45 bits per heavy atom. The average molecular weight is 341 g/mol. The van der Waals surface area contributed by atoms with Gasteiger partial charge in [-0.15, -0.1) is 0 Å². The molecular formula is C13H10BrFN2O3. The van der Waals surface area contributed by atoms with E-state index in [1.54, 1.807) is 6.20 Å². The molecule has 2 aromatic rings. The van der Waals surface area contributed by atoms with E-state index in [2.05, 4.69) is 20.9 Å². The van der Waals surface area contributed by atoms with Crippen LogP contribution in [0, 0.1) is 22.9 Å². The van der Waals surface area contributed by atoms with Crippen molar-refractivity contribution >= 4 is 21.6 Å². The van der Waals surface area contributed by atoms with Gasteiger partial charge in [0.2, 0.25) is 11.7 Å². The second-order valence-electron chi connectivity index (χ2n) is 4.07. The molecule has 0 fully saturated rings. The van der Waals surface area contributed by atoms with Crippen molar-refractivity contribution in [3.63, 3.8) is 0 Å². The van der Waals surface area contributed by atoms with E-state index in [1.165, 1.54) is 6.07 Å². The highest BCUT2D eigenvalue weighted by molar-refractivity contribution is 9.08. The number of alkyl halides is 1. The highest BCUT2D eigenvalue weighted by atomic mass is 79.9. The first kappa shape index (κ1) is 14.4. The van der Waals surface area contributed by atoms with Crippen molar-refractivity contribution in [2.45, 2.75) is 12.3 Å². The topological polar surface area (TPSA) is 65.3 Å². The van der Waals surface area contributed by atoms with Gasteiger partial charge in [-0.1, -0.05) is 15.9 Å². The molecule has 0 aliphatic carbocycles. The lowest BCUT2D eigenvalue weighted by atomic mass is 10.2. The van der Waals surface area contributed by atoms with Gasteiger partial charge in [0.1, 0.15) is 5.75 Å². The summed E-state index contributed by atoms with van der Waals surface area (Å²) in [6.07, 6.45) is 1.64. The molecular weight excluding hydrogens is 331 g/mol. The molecule has 0 aliphatic rings. The zero-order valence-corrected chi connectivity index (χ0v) is 12.1. The molecule has 0 spiro atoms. The number of benzene rings is 1. The Labute approximate surface area is 122 Å². The number of aryl methyl sites for hydroxylation is 1. The molecule has 2 rings (SSSR count). The van der Waals surface area contributed by atoms with Crippen molar-refractivity contribution in [3.05, 3.63) is 57.5 Å². The smallest absolute Gasteiger partial charge is 0.305 e. The minimum atomic E-state index is -0.942. The number of aromatic nitrogens is 1. The van der Waals surface area contributed by atoms with Crippen LogP contribution in [0.2, 0.25) is 0 Å². The maximum atomic E-state index is 13.5. The molecule has 5 nitrogen and oxygen atoms in total. The average Bonchev–Trinajstić information content (AvgIpc) is 2.40. The molecule has 0 radical (unpaired) electrons. The van der Waals surface area contributed by atoms with Gasteiger partial charge in [-0.05, 0) is 24.6 Å². The molecule has 1 heterocycles. The summed E-state index contributed by atoms with van der Waals surface area (Å²) in [6.45, 7) is 1.82. The molecule has 0 atom stereocenters. The van der Waals surface area contributed by atoms with Crippen LogP contribution in [0.4, 0.5) is 10.1 Å². The van der Waals surface area contributed by atoms with Crippen molar-refractivity contribution in [3.8, 4) is 11.6 Å². The minimum absolute atomic E-state index is 0.162. The number of nitro benzene ring substituents is 1. The quantitative estimate of drug-likeness (QED) is 0.477. The molecule has 104 valence electrons. The third-order valence-electron chi connectivity index (χ3n) is 2.57. The number of hydrogen-bond acceptors (Lipinski definition) is 4. The zero-order chi connectivity index (χ0) is 14.7. The largest absolute Gasteiger partial charge is 0.439 e. The van der Waals surface area contributed by atoms with Gasteiger partial charge in [-0.3, -0.25) is 10.1 Å². The molecule has 0 saturated carbocycles. The first-order valence-electron chi connectivity index (χ1n) is 5.64. The van der Waals surface area contributed by atoms with Crippen LogP contribution < -0.4 is 4.74 Å². The van der Waals surface area contributed by atoms with Gasteiger partial charge < -0.3 is 4.74 Å². The summed E-state index contributed by atoms with van der Waals surface area (Å²) in [5.74, 6) is -0.444. The molecule has 1 aromatic heterocycles. The lowest BCUT2D eigenvalue weighted by Gasteiger charge is -2.08. The van der Waals surface area contributed by atoms with E-state index in [9.17, 15) is 14.5 Å². The van der Waals surface area contributed by atoms with Gasteiger partial charge in [0.15, 0.2) is 0 Å². The summed E-state index contributed by atoms with van der Waals surface area (Å²) >= 11 is 3.32. The molecule has 1 aromatic carbocycles. The van der Waals surface area contributed by atoms with Crippen LogP contribution in [-0.4, -0.2) is 9.91 Å². The van der Waals surface area contributed by atoms with Gasteiger partial charge in [-0.2, -0.15) is 4.39 Å². The molecule has 20 heavy (non-hydrogen) atoms. The summed E-state index contributed by atoms with van der Waals surface area (Å²) in [5.41, 5.74) is 1.20. The lowest BCUT2D eigenvalue weighted by molar-refractivity contribution is -0.387. The monoisotopic (exact) mass is 340 g/mol. The SMILES string of the molecule is Cc1cc(CBr)cnc1Oc1ccc([N+](=O)[O-])c(F)c1. The Hall–Kier alpha value is -2.02. The second kappa shape index (κ2) is 5.96. The second-order valence-corrected chi connectivity index (χ2v) is 4.63. The summed E-state index contributed by atoms with van der Waals surface area (Å²) in [4.78, 5) is 13.9. The van der Waals surface area contributed by atoms with E-state index in [4.69, 9.17) is 4.74 Å². The molecule has 0 bridgehead atoms. The van der Waals surface area contributed by atoms with Gasteiger partial charge in [0, 0.05) is 29.2 Å². The number of nitrogens with zero attached hydrogens (tertiary/aromatic N) is 2. The molecule has 0 N–H and O–H groups in total. The van der Waals surface area contributed by atoms with E-state index in [0.29, 0.717) is 11.2 Å². The summed E-state index contributed by atoms with van der Waals surface area (Å²) in [5, 5.41) is 11.2. The Bertz CT molecular complexity index is 664. The number of rotatable bonds is 4. The van der Waals surface area contributed by atoms with E-state index < -0.39 is 16.4 Å². The third kappa shape index (κ3) is 3.11. The maximum Gasteiger partial charge on any atom is 0.305 e. The zero-order valence-electron chi connectivity index (χ0n) is 10.5. The fourth-order valence-electron chi connectivity index (χ4n) is 1.61. The predicted molar refractivity (Wildman–Crippen MR) is 74.7 cm³/mol. The van der Waals surface area contributed by atoms with Gasteiger partial charge in [0.05, 0.1) is 4.92 Å². The van der Waals surface area contributed by atoms with Gasteiger partial charge in [0.25, 0.3) is 0 Å². The Kier molecular flexibility index (Phi) is 4.29. The van der Waals surface area contributed by atoms with Gasteiger partial charge in [-0.25, -0.2) is 4.98 Å². The Morgan fingerprint density at radius 2 is 2.20 bits per heavy atom. The number of hydrogen-bond donors (Lipinski definition) is 0. The molecule has 0 amide bonds. The minimum Gasteiger partial charge on any atom is -0.439 e. The summed E-state index contributed by atoms with van der Waals surface area (Å²) in [7, 11) is 0. The number of halogens is 2. The summed E-state index contributed by atoms with van der Waals surface area (Å²) < 4.78 is 18.9. The first-order valence-corrected chi connectivity index (χ1v) is 6.76. The van der Waals surface area contributed by atoms with Crippen molar-refractivity contribution in [1.29, 1.82) is 0 Å². The van der Waals surface area contributed by atoms with E-state index in [1.807, 2.05) is 13.0 Å². The van der Waals surface area contributed by atoms with E-state index in [-0.39, 0.29) is 5.75 Å². The van der Waals surface area contributed by atoms with Crippen LogP contribution in [0.15, 0.2) is 30.5 Å². The van der Waals surface area contributed by atoms with Crippen molar-refractivity contribution in [2.24, 2.45) is 0 Å². The van der Waals surface area contributed by atoms with Crippen molar-refractivity contribution in [1.82, 2.24) is 4.98 Å². The number of pyridine rings is 1. The highest BCUT2D eigenvalue weighted by Gasteiger charge is 2.15. The van der Waals surface area contributed by atoms with Gasteiger partial charge >= 0.3 is 5.69 Å². The first-order chi connectivity index (χ1) is 9.51. The van der Waals surface area contributed by atoms with Crippen LogP contribution >= 0.6 is 15.9 Å². The Morgan fingerprint density at radius 3 is 2.75 bits per heavy atom. The fraction of sp³-hybridized carbons (Fsp3) is 0.154. The van der Waals surface area contributed by atoms with E-state index >= 15 is 0 Å². The maximum absolute atomic E-state index is 13.5. The van der Waals surface area contributed by atoms with Crippen LogP contribution in [-0.2, 0) is 5.33 Å². The lowest BCUT2D eigenvalue weighted by Crippen LogP contribution is -1.96. The molecule has 0 unspecified atom stereocenters. The van der Waals surface area contributed by atoms with Crippen LogP contribution in [0.25, 0.3) is 0 Å². The van der Waals surface area contributed by atoms with Crippen LogP contribution in [0.1, 0.15) is 11.1 Å². The molecule has 7 heteroatoms. The van der Waals surface area contributed by atoms with Crippen LogP contribution in [0.5, 0.6) is 11.6 Å². The Balaban J connectivity index is 2.26. The molecule has 0 aliphatic heterocycles. The molecule has 0 saturated heterocycles. The number of nitro groups is 1. The number of ether oxygens (including phenoxy) is 1. The summed E-state index contributed by atoms with van der Waals surface area (Å²) in [6, 6.07) is 5.25. The van der Waals surface area contributed by atoms with E-state index in [0.717, 1.165) is 23.3 Å². The fourth-order valence-corrected chi connectivity index (χ4v) is 1.92. The third-order valence-corrected chi connectivity index (χ3v) is 3.22. The van der Waals surface area contributed by atoms with Crippen LogP contribution in [0.3, 0.4) is 0 Å². The normalized spacial score (nSPS) is 10.3. The standard InChI is InChI=1S/C13H10BrFN2O3/c1-8-4-9(6-14)7-16-13(8)20-10-2-3-12(17(18)19)11(15)5-10/h2-5,7H,6H2,1H3. The van der Waals surface area contributed by atoms with Crippen molar-refractivity contribution in [2.75, 3.05) is 0 Å².